The van der Waals surface area contributed by atoms with Gasteiger partial charge in [-0.25, -0.2) is 9.97 Å². The lowest BCUT2D eigenvalue weighted by atomic mass is 10.2. The summed E-state index contributed by atoms with van der Waals surface area (Å²) in [4.78, 5) is 21.5. The van der Waals surface area contributed by atoms with E-state index >= 15 is 0 Å². The van der Waals surface area contributed by atoms with Gasteiger partial charge in [-0.3, -0.25) is 9.36 Å². The molecule has 0 fully saturated rings. The highest BCUT2D eigenvalue weighted by Gasteiger charge is 2.15. The van der Waals surface area contributed by atoms with Gasteiger partial charge >= 0.3 is 0 Å². The van der Waals surface area contributed by atoms with Gasteiger partial charge in [0.2, 0.25) is 0 Å². The van der Waals surface area contributed by atoms with Crippen LogP contribution in [0.3, 0.4) is 0 Å². The summed E-state index contributed by atoms with van der Waals surface area (Å²) in [6.07, 6.45) is 1.78. The van der Waals surface area contributed by atoms with Crippen LogP contribution < -0.4 is 5.56 Å². The second kappa shape index (κ2) is 5.95. The van der Waals surface area contributed by atoms with Gasteiger partial charge in [0.25, 0.3) is 5.56 Å². The van der Waals surface area contributed by atoms with Gasteiger partial charge in [0.1, 0.15) is 5.82 Å². The van der Waals surface area contributed by atoms with Gasteiger partial charge in [0, 0.05) is 24.0 Å². The SMILES string of the molecule is CC(Cn1c(CCl)nc2ccccc2c1=O)c1nccs1. The maximum absolute atomic E-state index is 12.7. The molecule has 0 saturated carbocycles. The van der Waals surface area contributed by atoms with E-state index in [1.165, 1.54) is 0 Å². The van der Waals surface area contributed by atoms with Crippen molar-refractivity contribution in [3.63, 3.8) is 0 Å². The summed E-state index contributed by atoms with van der Waals surface area (Å²) in [5.74, 6) is 0.960. The number of benzene rings is 1. The van der Waals surface area contributed by atoms with Crippen molar-refractivity contribution in [2.24, 2.45) is 0 Å². The second-order valence-corrected chi connectivity index (χ2v) is 6.06. The molecule has 1 unspecified atom stereocenters. The van der Waals surface area contributed by atoms with Gasteiger partial charge in [0.15, 0.2) is 0 Å². The quantitative estimate of drug-likeness (QED) is 0.692. The molecule has 0 aliphatic rings. The normalized spacial score (nSPS) is 12.7. The third-order valence-electron chi connectivity index (χ3n) is 3.39. The number of hydrogen-bond donors (Lipinski definition) is 0. The lowest BCUT2D eigenvalue weighted by Gasteiger charge is -2.15. The molecule has 0 N–H and O–H groups in total. The van der Waals surface area contributed by atoms with Crippen molar-refractivity contribution in [1.29, 1.82) is 0 Å². The maximum atomic E-state index is 12.7. The lowest BCUT2D eigenvalue weighted by Crippen LogP contribution is -2.27. The summed E-state index contributed by atoms with van der Waals surface area (Å²) >= 11 is 7.57. The number of para-hydroxylation sites is 1. The van der Waals surface area contributed by atoms with Gasteiger partial charge in [-0.15, -0.1) is 22.9 Å². The topological polar surface area (TPSA) is 47.8 Å². The predicted molar refractivity (Wildman–Crippen MR) is 86.1 cm³/mol. The molecule has 0 saturated heterocycles. The van der Waals surface area contributed by atoms with Crippen LogP contribution in [0.4, 0.5) is 0 Å². The minimum Gasteiger partial charge on any atom is -0.294 e. The highest BCUT2D eigenvalue weighted by molar-refractivity contribution is 7.09. The fourth-order valence-corrected chi connectivity index (χ4v) is 3.23. The Morgan fingerprint density at radius 1 is 1.38 bits per heavy atom. The number of fused-ring (bicyclic) bond motifs is 1. The molecule has 0 spiro atoms. The van der Waals surface area contributed by atoms with Crippen molar-refractivity contribution in [3.8, 4) is 0 Å². The first-order valence-electron chi connectivity index (χ1n) is 6.64. The number of rotatable bonds is 4. The number of nitrogens with zero attached hydrogens (tertiary/aromatic N) is 3. The Hall–Kier alpha value is -1.72. The molecule has 3 aromatic rings. The molecule has 0 bridgehead atoms. The first-order valence-corrected chi connectivity index (χ1v) is 8.06. The van der Waals surface area contributed by atoms with Crippen molar-refractivity contribution in [2.45, 2.75) is 25.3 Å². The third-order valence-corrected chi connectivity index (χ3v) is 4.64. The number of halogens is 1. The van der Waals surface area contributed by atoms with E-state index in [9.17, 15) is 4.79 Å². The smallest absolute Gasteiger partial charge is 0.261 e. The largest absolute Gasteiger partial charge is 0.294 e. The average Bonchev–Trinajstić information content (AvgIpc) is 3.04. The standard InChI is InChI=1S/C15H14ClN3OS/c1-10(14-17-6-7-21-14)9-19-13(8-16)18-12-5-3-2-4-11(12)15(19)20/h2-7,10H,8-9H2,1H3. The molecule has 2 heterocycles. The summed E-state index contributed by atoms with van der Waals surface area (Å²) < 4.78 is 1.67. The Morgan fingerprint density at radius 2 is 2.19 bits per heavy atom. The maximum Gasteiger partial charge on any atom is 0.261 e. The van der Waals surface area contributed by atoms with Crippen LogP contribution in [0.1, 0.15) is 23.7 Å². The molecule has 0 aliphatic carbocycles. The summed E-state index contributed by atoms with van der Waals surface area (Å²) in [7, 11) is 0. The zero-order chi connectivity index (χ0) is 14.8. The third kappa shape index (κ3) is 2.71. The van der Waals surface area contributed by atoms with E-state index in [1.807, 2.05) is 23.6 Å². The van der Waals surface area contributed by atoms with Crippen molar-refractivity contribution in [3.05, 3.63) is 57.0 Å². The minimum atomic E-state index is -0.0420. The van der Waals surface area contributed by atoms with Gasteiger partial charge in [0.05, 0.1) is 21.8 Å². The van der Waals surface area contributed by atoms with E-state index in [0.29, 0.717) is 23.3 Å². The van der Waals surface area contributed by atoms with Crippen LogP contribution in [-0.4, -0.2) is 14.5 Å². The van der Waals surface area contributed by atoms with E-state index in [1.54, 1.807) is 28.2 Å². The van der Waals surface area contributed by atoms with E-state index in [0.717, 1.165) is 5.01 Å². The number of aromatic nitrogens is 3. The molecule has 0 radical (unpaired) electrons. The molecule has 2 aromatic heterocycles. The van der Waals surface area contributed by atoms with Crippen molar-refractivity contribution < 1.29 is 0 Å². The Bertz CT molecular complexity index is 813. The summed E-state index contributed by atoms with van der Waals surface area (Å²) in [5, 5.41) is 3.57. The molecule has 108 valence electrons. The van der Waals surface area contributed by atoms with E-state index in [-0.39, 0.29) is 17.4 Å². The zero-order valence-corrected chi connectivity index (χ0v) is 13.1. The molecule has 3 rings (SSSR count). The predicted octanol–water partition coefficient (Wildman–Crippen LogP) is 3.40. The van der Waals surface area contributed by atoms with Crippen molar-refractivity contribution in [1.82, 2.24) is 14.5 Å². The van der Waals surface area contributed by atoms with Gasteiger partial charge in [-0.1, -0.05) is 19.1 Å². The molecule has 1 aromatic carbocycles. The molecular formula is C15H14ClN3OS. The zero-order valence-electron chi connectivity index (χ0n) is 11.5. The summed E-state index contributed by atoms with van der Waals surface area (Å²) in [5.41, 5.74) is 0.649. The Kier molecular flexibility index (Phi) is 4.03. The molecule has 6 heteroatoms. The average molecular weight is 320 g/mol. The first-order chi connectivity index (χ1) is 10.2. The van der Waals surface area contributed by atoms with Crippen LogP contribution in [0.2, 0.25) is 0 Å². The number of alkyl halides is 1. The van der Waals surface area contributed by atoms with E-state index < -0.39 is 0 Å². The Balaban J connectivity index is 2.08. The molecular weight excluding hydrogens is 306 g/mol. The van der Waals surface area contributed by atoms with Crippen molar-refractivity contribution >= 4 is 33.8 Å². The van der Waals surface area contributed by atoms with Crippen LogP contribution in [0.25, 0.3) is 10.9 Å². The second-order valence-electron chi connectivity index (χ2n) is 4.87. The monoisotopic (exact) mass is 319 g/mol. The van der Waals surface area contributed by atoms with Crippen LogP contribution >= 0.6 is 22.9 Å². The molecule has 21 heavy (non-hydrogen) atoms. The highest BCUT2D eigenvalue weighted by atomic mass is 35.5. The summed E-state index contributed by atoms with van der Waals surface area (Å²) in [6.45, 7) is 2.59. The molecule has 4 nitrogen and oxygen atoms in total. The van der Waals surface area contributed by atoms with Crippen LogP contribution in [0.15, 0.2) is 40.6 Å². The fraction of sp³-hybridized carbons (Fsp3) is 0.267. The highest BCUT2D eigenvalue weighted by Crippen LogP contribution is 2.20. The Morgan fingerprint density at radius 3 is 2.90 bits per heavy atom. The van der Waals surface area contributed by atoms with Gasteiger partial charge in [-0.05, 0) is 12.1 Å². The first kappa shape index (κ1) is 14.2. The van der Waals surface area contributed by atoms with Crippen LogP contribution in [-0.2, 0) is 12.4 Å². The molecule has 0 amide bonds. The number of thiazole rings is 1. The Labute approximate surface area is 131 Å². The lowest BCUT2D eigenvalue weighted by molar-refractivity contribution is 0.557. The van der Waals surface area contributed by atoms with E-state index in [4.69, 9.17) is 11.6 Å². The van der Waals surface area contributed by atoms with Crippen LogP contribution in [0, 0.1) is 0 Å². The van der Waals surface area contributed by atoms with Crippen LogP contribution in [0.5, 0.6) is 0 Å². The van der Waals surface area contributed by atoms with E-state index in [2.05, 4.69) is 16.9 Å². The minimum absolute atomic E-state index is 0.0420. The summed E-state index contributed by atoms with van der Waals surface area (Å²) in [6, 6.07) is 7.35. The fourth-order valence-electron chi connectivity index (χ4n) is 2.33. The number of hydrogen-bond acceptors (Lipinski definition) is 4. The van der Waals surface area contributed by atoms with Gasteiger partial charge < -0.3 is 0 Å². The van der Waals surface area contributed by atoms with Gasteiger partial charge in [-0.2, -0.15) is 0 Å². The molecule has 0 aliphatic heterocycles. The van der Waals surface area contributed by atoms with Crippen molar-refractivity contribution in [2.75, 3.05) is 0 Å². The molecule has 1 atom stereocenters.